The number of hydrogen-bond donors (Lipinski definition) is 0. The van der Waals surface area contributed by atoms with Gasteiger partial charge in [-0.05, 0) is 67.2 Å². The molecule has 52 heavy (non-hydrogen) atoms. The van der Waals surface area contributed by atoms with Gasteiger partial charge in [0, 0.05) is 59.2 Å². The summed E-state index contributed by atoms with van der Waals surface area (Å²) >= 11 is 1.80. The zero-order chi connectivity index (χ0) is 34.8. The first-order chi connectivity index (χ1) is 25.6. The highest BCUT2D eigenvalue weighted by Gasteiger charge is 2.22. The average Bonchev–Trinajstić information content (AvgIpc) is 3.86. The van der Waals surface area contributed by atoms with E-state index in [1.807, 2.05) is 73.7 Å². The number of rotatable bonds is 6. The Morgan fingerprint density at radius 3 is 2.17 bits per heavy atom. The number of nitrogens with zero attached hydrogens (tertiary/aromatic N) is 4. The van der Waals surface area contributed by atoms with E-state index >= 15 is 0 Å². The standard InChI is InChI=1S/C45H28N4O2S/c1-26-30(21-22-46-2)41-36(23-29(24-38(41)50-26)28-19-20-33-32-14-7-9-18-39(32)52-40(33)25-28)45-48-43(27-11-4-3-5-12-27)47-44(49-45)35-16-10-15-34-31-13-6-8-17-37(31)51-42(34)35/h3-25H,2H2,1H3/b22-21-. The van der Waals surface area contributed by atoms with E-state index in [1.165, 1.54) is 20.2 Å². The van der Waals surface area contributed by atoms with Gasteiger partial charge in [0.05, 0.1) is 5.56 Å². The number of fused-ring (bicyclic) bond motifs is 7. The zero-order valence-corrected chi connectivity index (χ0v) is 28.8. The van der Waals surface area contributed by atoms with Crippen LogP contribution in [0.3, 0.4) is 0 Å². The molecule has 0 aliphatic heterocycles. The summed E-state index contributed by atoms with van der Waals surface area (Å²) in [5.41, 5.74) is 7.73. The van der Waals surface area contributed by atoms with Gasteiger partial charge in [-0.25, -0.2) is 15.0 Å². The molecule has 0 saturated carbocycles. The predicted octanol–water partition coefficient (Wildman–Crippen LogP) is 12.5. The number of aromatic nitrogens is 3. The van der Waals surface area contributed by atoms with Crippen molar-refractivity contribution >= 4 is 77.2 Å². The van der Waals surface area contributed by atoms with E-state index in [-0.39, 0.29) is 0 Å². The summed E-state index contributed by atoms with van der Waals surface area (Å²) in [6.07, 6.45) is 3.61. The molecule has 0 fully saturated rings. The second-order valence-corrected chi connectivity index (χ2v) is 13.8. The first-order valence-corrected chi connectivity index (χ1v) is 17.8. The molecule has 0 N–H and O–H groups in total. The summed E-state index contributed by atoms with van der Waals surface area (Å²) in [5, 5.41) is 5.46. The second kappa shape index (κ2) is 12.0. The number of aryl methyl sites for hydroxylation is 1. The van der Waals surface area contributed by atoms with Gasteiger partial charge in [-0.15, -0.1) is 11.3 Å². The molecule has 6 nitrogen and oxygen atoms in total. The second-order valence-electron chi connectivity index (χ2n) is 12.7. The highest BCUT2D eigenvalue weighted by Crippen LogP contribution is 2.42. The zero-order valence-electron chi connectivity index (χ0n) is 28.0. The van der Waals surface area contributed by atoms with E-state index in [4.69, 9.17) is 23.8 Å². The lowest BCUT2D eigenvalue weighted by Gasteiger charge is -2.11. The van der Waals surface area contributed by atoms with Crippen molar-refractivity contribution in [2.45, 2.75) is 6.92 Å². The molecule has 0 spiro atoms. The maximum absolute atomic E-state index is 6.48. The molecule has 10 rings (SSSR count). The molecule has 6 aromatic carbocycles. The van der Waals surface area contributed by atoms with Crippen LogP contribution in [0.4, 0.5) is 0 Å². The maximum Gasteiger partial charge on any atom is 0.167 e. The van der Waals surface area contributed by atoms with Gasteiger partial charge in [0.2, 0.25) is 0 Å². The van der Waals surface area contributed by atoms with Crippen molar-refractivity contribution in [3.8, 4) is 45.3 Å². The van der Waals surface area contributed by atoms with Crippen LogP contribution in [0.5, 0.6) is 0 Å². The molecule has 10 aromatic rings. The van der Waals surface area contributed by atoms with Crippen LogP contribution in [0.15, 0.2) is 147 Å². The minimum Gasteiger partial charge on any atom is -0.461 e. The number of thiophene rings is 1. The molecule has 0 amide bonds. The molecule has 0 radical (unpaired) electrons. The first kappa shape index (κ1) is 30.2. The van der Waals surface area contributed by atoms with Gasteiger partial charge >= 0.3 is 0 Å². The van der Waals surface area contributed by atoms with Crippen LogP contribution < -0.4 is 0 Å². The first-order valence-electron chi connectivity index (χ1n) is 17.0. The Balaban J connectivity index is 1.25. The Kier molecular flexibility index (Phi) is 6.94. The van der Waals surface area contributed by atoms with Crippen molar-refractivity contribution in [1.82, 2.24) is 15.0 Å². The summed E-state index contributed by atoms with van der Waals surface area (Å²) < 4.78 is 15.4. The number of furan rings is 2. The fourth-order valence-corrected chi connectivity index (χ4v) is 8.35. The van der Waals surface area contributed by atoms with Crippen LogP contribution in [0.25, 0.3) is 104 Å². The van der Waals surface area contributed by atoms with E-state index in [2.05, 4.69) is 78.4 Å². The third kappa shape index (κ3) is 4.86. The molecule has 7 heteroatoms. The predicted molar refractivity (Wildman–Crippen MR) is 215 cm³/mol. The molecule has 246 valence electrons. The van der Waals surface area contributed by atoms with Gasteiger partial charge in [0.1, 0.15) is 22.5 Å². The van der Waals surface area contributed by atoms with Gasteiger partial charge in [-0.2, -0.15) is 0 Å². The van der Waals surface area contributed by atoms with Crippen LogP contribution in [0.1, 0.15) is 11.3 Å². The summed E-state index contributed by atoms with van der Waals surface area (Å²) in [7, 11) is 0. The smallest absolute Gasteiger partial charge is 0.167 e. The highest BCUT2D eigenvalue weighted by atomic mass is 32.1. The fraction of sp³-hybridized carbons (Fsp3) is 0.0222. The third-order valence-corrected chi connectivity index (χ3v) is 10.8. The molecule has 0 saturated heterocycles. The van der Waals surface area contributed by atoms with Crippen molar-refractivity contribution in [3.63, 3.8) is 0 Å². The fourth-order valence-electron chi connectivity index (χ4n) is 7.20. The van der Waals surface area contributed by atoms with Crippen LogP contribution >= 0.6 is 11.3 Å². The molecule has 0 atom stereocenters. The largest absolute Gasteiger partial charge is 0.461 e. The summed E-state index contributed by atoms with van der Waals surface area (Å²) in [4.78, 5) is 19.5. The number of hydrogen-bond acceptors (Lipinski definition) is 7. The van der Waals surface area contributed by atoms with Crippen LogP contribution in [-0.2, 0) is 0 Å². The number of benzene rings is 6. The van der Waals surface area contributed by atoms with Crippen LogP contribution in [0.2, 0.25) is 0 Å². The minimum atomic E-state index is 0.517. The lowest BCUT2D eigenvalue weighted by molar-refractivity contribution is 0.577. The van der Waals surface area contributed by atoms with Gasteiger partial charge < -0.3 is 8.83 Å². The lowest BCUT2D eigenvalue weighted by atomic mass is 9.96. The van der Waals surface area contributed by atoms with Gasteiger partial charge in [-0.3, -0.25) is 4.99 Å². The van der Waals surface area contributed by atoms with Crippen LogP contribution in [0, 0.1) is 6.92 Å². The van der Waals surface area contributed by atoms with Gasteiger partial charge in [0.25, 0.3) is 0 Å². The monoisotopic (exact) mass is 688 g/mol. The number of para-hydroxylation sites is 2. The maximum atomic E-state index is 6.48. The Labute approximate surface area is 302 Å². The molecule has 0 aliphatic rings. The lowest BCUT2D eigenvalue weighted by Crippen LogP contribution is -2.01. The quantitative estimate of drug-likeness (QED) is 0.163. The average molecular weight is 689 g/mol. The number of aliphatic imine (C=N–C) groups is 1. The van der Waals surface area contributed by atoms with Crippen molar-refractivity contribution in [2.75, 3.05) is 0 Å². The summed E-state index contributed by atoms with van der Waals surface area (Å²) in [6, 6.07) is 43.7. The summed E-state index contributed by atoms with van der Waals surface area (Å²) in [5.74, 6) is 2.36. The van der Waals surface area contributed by atoms with E-state index < -0.39 is 0 Å². The Hall–Kier alpha value is -6.70. The molecule has 4 heterocycles. The minimum absolute atomic E-state index is 0.517. The van der Waals surface area contributed by atoms with E-state index in [0.717, 1.165) is 72.0 Å². The Morgan fingerprint density at radius 2 is 1.31 bits per heavy atom. The van der Waals surface area contributed by atoms with E-state index in [0.29, 0.717) is 17.5 Å². The van der Waals surface area contributed by atoms with E-state index in [1.54, 1.807) is 17.5 Å². The molecular weight excluding hydrogens is 661 g/mol. The van der Waals surface area contributed by atoms with Crippen molar-refractivity contribution in [1.29, 1.82) is 0 Å². The summed E-state index contributed by atoms with van der Waals surface area (Å²) in [6.45, 7) is 5.63. The normalized spacial score (nSPS) is 11.9. The molecule has 0 aliphatic carbocycles. The SMILES string of the molecule is C=N/C=C\c1c(C)oc2cc(-c3ccc4c(c3)sc3ccccc34)cc(-c3nc(-c4ccccc4)nc(-c4cccc5c4oc4ccccc45)n3)c12. The molecule has 4 aromatic heterocycles. The molecular formula is C45H28N4O2S. The third-order valence-electron chi connectivity index (χ3n) is 9.63. The van der Waals surface area contributed by atoms with Gasteiger partial charge in [0.15, 0.2) is 17.5 Å². The van der Waals surface area contributed by atoms with Crippen molar-refractivity contribution < 1.29 is 8.83 Å². The molecule has 0 bridgehead atoms. The molecule has 0 unspecified atom stereocenters. The van der Waals surface area contributed by atoms with Crippen molar-refractivity contribution in [2.24, 2.45) is 4.99 Å². The van der Waals surface area contributed by atoms with E-state index in [9.17, 15) is 0 Å². The highest BCUT2D eigenvalue weighted by molar-refractivity contribution is 7.25. The van der Waals surface area contributed by atoms with Crippen LogP contribution in [-0.4, -0.2) is 21.7 Å². The van der Waals surface area contributed by atoms with Crippen molar-refractivity contribution in [3.05, 3.63) is 145 Å². The Bertz CT molecular complexity index is 3060. The topological polar surface area (TPSA) is 77.3 Å². The Morgan fingerprint density at radius 1 is 0.577 bits per heavy atom. The van der Waals surface area contributed by atoms with Gasteiger partial charge in [-0.1, -0.05) is 91.0 Å².